The molecule has 0 aliphatic carbocycles. The molecule has 0 aromatic heterocycles. The summed E-state index contributed by atoms with van der Waals surface area (Å²) >= 11 is 1.54. The fourth-order valence-corrected chi connectivity index (χ4v) is 4.48. The maximum absolute atomic E-state index is 11.3. The number of allylic oxidation sites excluding steroid dienone is 1. The minimum absolute atomic E-state index is 0.0632. The Balaban J connectivity index is 1.70. The molecule has 0 bridgehead atoms. The van der Waals surface area contributed by atoms with Crippen LogP contribution in [-0.2, 0) is 0 Å². The highest BCUT2D eigenvalue weighted by molar-refractivity contribution is 8.04. The van der Waals surface area contributed by atoms with Crippen LogP contribution in [0.15, 0.2) is 87.7 Å². The quantitative estimate of drug-likeness (QED) is 0.301. The van der Waals surface area contributed by atoms with E-state index in [2.05, 4.69) is 15.4 Å². The number of thioether (sulfide) groups is 1. The Morgan fingerprint density at radius 3 is 2.41 bits per heavy atom. The predicted molar refractivity (Wildman–Crippen MR) is 126 cm³/mol. The number of fused-ring (bicyclic) bond motifs is 1. The number of nitrogens with zero attached hydrogens (tertiary/aromatic N) is 4. The molecule has 1 N–H and O–H groups in total. The number of hydrogen-bond donors (Lipinski definition) is 1. The average Bonchev–Trinajstić information content (AvgIpc) is 2.80. The number of para-hydroxylation sites is 1. The number of non-ortho nitro benzene ring substituents is 1. The fraction of sp³-hybridized carbons (Fsp3) is 0.0455. The predicted octanol–water partition coefficient (Wildman–Crippen LogP) is 5.51. The lowest BCUT2D eigenvalue weighted by molar-refractivity contribution is -0.393. The smallest absolute Gasteiger partial charge is 0.301 e. The van der Waals surface area contributed by atoms with Gasteiger partial charge >= 0.3 is 5.69 Å². The van der Waals surface area contributed by atoms with Gasteiger partial charge in [0.2, 0.25) is 0 Å². The zero-order chi connectivity index (χ0) is 22.7. The van der Waals surface area contributed by atoms with Crippen molar-refractivity contribution in [3.63, 3.8) is 0 Å². The Morgan fingerprint density at radius 1 is 0.969 bits per heavy atom. The van der Waals surface area contributed by atoms with Gasteiger partial charge in [-0.05, 0) is 23.8 Å². The van der Waals surface area contributed by atoms with Crippen molar-refractivity contribution in [3.8, 4) is 0 Å². The zero-order valence-corrected chi connectivity index (χ0v) is 17.7. The Morgan fingerprint density at radius 2 is 1.69 bits per heavy atom. The van der Waals surface area contributed by atoms with E-state index in [0.717, 1.165) is 32.8 Å². The van der Waals surface area contributed by atoms with E-state index in [1.165, 1.54) is 12.1 Å². The third-order valence-electron chi connectivity index (χ3n) is 4.82. The van der Waals surface area contributed by atoms with Crippen molar-refractivity contribution in [3.05, 3.63) is 103 Å². The Hall–Kier alpha value is -4.18. The van der Waals surface area contributed by atoms with Gasteiger partial charge in [-0.3, -0.25) is 25.7 Å². The number of rotatable bonds is 6. The van der Waals surface area contributed by atoms with Gasteiger partial charge < -0.3 is 4.90 Å². The molecule has 9 nitrogen and oxygen atoms in total. The average molecular weight is 447 g/mol. The van der Waals surface area contributed by atoms with Crippen LogP contribution in [0.2, 0.25) is 0 Å². The molecule has 160 valence electrons. The summed E-state index contributed by atoms with van der Waals surface area (Å²) in [6.07, 6.45) is 1.60. The van der Waals surface area contributed by atoms with E-state index in [4.69, 9.17) is 0 Å². The van der Waals surface area contributed by atoms with Crippen LogP contribution in [0, 0.1) is 20.2 Å². The summed E-state index contributed by atoms with van der Waals surface area (Å²) in [6, 6.07) is 21.2. The second-order valence-electron chi connectivity index (χ2n) is 6.79. The highest BCUT2D eigenvalue weighted by atomic mass is 32.2. The minimum atomic E-state index is -0.682. The molecule has 1 heterocycles. The van der Waals surface area contributed by atoms with Gasteiger partial charge in [0.1, 0.15) is 5.69 Å². The van der Waals surface area contributed by atoms with Crippen molar-refractivity contribution in [1.82, 2.24) is 0 Å². The highest BCUT2D eigenvalue weighted by Crippen LogP contribution is 2.45. The van der Waals surface area contributed by atoms with E-state index < -0.39 is 15.5 Å². The maximum atomic E-state index is 11.3. The third-order valence-corrected chi connectivity index (χ3v) is 5.90. The molecule has 10 heteroatoms. The molecular weight excluding hydrogens is 430 g/mol. The lowest BCUT2D eigenvalue weighted by Crippen LogP contribution is -2.20. The van der Waals surface area contributed by atoms with Crippen molar-refractivity contribution in [2.75, 3.05) is 17.4 Å². The number of nitrogens with one attached hydrogen (secondary N) is 1. The van der Waals surface area contributed by atoms with E-state index in [-0.39, 0.29) is 11.4 Å². The summed E-state index contributed by atoms with van der Waals surface area (Å²) in [4.78, 5) is 24.9. The number of benzene rings is 3. The number of hydrogen-bond acceptors (Lipinski definition) is 8. The van der Waals surface area contributed by atoms with E-state index >= 15 is 0 Å². The highest BCUT2D eigenvalue weighted by Gasteiger charge is 2.24. The summed E-state index contributed by atoms with van der Waals surface area (Å²) in [5, 5.41) is 26.5. The number of nitro benzene ring substituents is 2. The molecule has 0 unspecified atom stereocenters. The molecule has 0 amide bonds. The van der Waals surface area contributed by atoms with Gasteiger partial charge in [-0.15, -0.1) is 0 Å². The molecule has 1 aliphatic heterocycles. The monoisotopic (exact) mass is 447 g/mol. The largest absolute Gasteiger partial charge is 0.342 e. The van der Waals surface area contributed by atoms with Crippen molar-refractivity contribution < 1.29 is 9.85 Å². The maximum Gasteiger partial charge on any atom is 0.301 e. The number of anilines is 2. The van der Waals surface area contributed by atoms with E-state index in [9.17, 15) is 20.2 Å². The molecular formula is C22H17N5O4S. The summed E-state index contributed by atoms with van der Waals surface area (Å²) in [7, 11) is 1.98. The molecule has 1 aliphatic rings. The first-order chi connectivity index (χ1) is 15.5. The molecule has 3 aromatic carbocycles. The van der Waals surface area contributed by atoms with Gasteiger partial charge in [0, 0.05) is 18.0 Å². The van der Waals surface area contributed by atoms with Gasteiger partial charge in [-0.25, -0.2) is 0 Å². The summed E-state index contributed by atoms with van der Waals surface area (Å²) < 4.78 is 0. The second kappa shape index (κ2) is 8.90. The Labute approximate surface area is 187 Å². The first-order valence-corrected chi connectivity index (χ1v) is 10.3. The fourth-order valence-electron chi connectivity index (χ4n) is 3.33. The molecule has 4 rings (SSSR count). The van der Waals surface area contributed by atoms with E-state index in [0.29, 0.717) is 0 Å². The zero-order valence-electron chi connectivity index (χ0n) is 16.8. The van der Waals surface area contributed by atoms with Crippen LogP contribution in [0.5, 0.6) is 0 Å². The van der Waals surface area contributed by atoms with Gasteiger partial charge in [0.15, 0.2) is 0 Å². The Kier molecular flexibility index (Phi) is 5.86. The molecule has 0 saturated carbocycles. The minimum Gasteiger partial charge on any atom is -0.342 e. The van der Waals surface area contributed by atoms with Gasteiger partial charge in [-0.2, -0.15) is 5.10 Å². The topological polar surface area (TPSA) is 114 Å². The van der Waals surface area contributed by atoms with Gasteiger partial charge in [0.25, 0.3) is 5.69 Å². The molecule has 0 saturated heterocycles. The van der Waals surface area contributed by atoms with Crippen LogP contribution in [0.1, 0.15) is 5.56 Å². The summed E-state index contributed by atoms with van der Waals surface area (Å²) in [6.45, 7) is 0. The van der Waals surface area contributed by atoms with Crippen LogP contribution in [0.4, 0.5) is 22.7 Å². The second-order valence-corrected chi connectivity index (χ2v) is 7.88. The van der Waals surface area contributed by atoms with Crippen molar-refractivity contribution in [2.24, 2.45) is 5.10 Å². The van der Waals surface area contributed by atoms with Crippen LogP contribution in [0.3, 0.4) is 0 Å². The van der Waals surface area contributed by atoms with Gasteiger partial charge in [0.05, 0.1) is 38.4 Å². The SMILES string of the molecule is CN1C(c2ccccc2)=C(/C=N/Nc2ccc([N+](=O)[O-])cc2[N+](=O)[O-])Sc2ccccc21. The lowest BCUT2D eigenvalue weighted by atomic mass is 10.1. The lowest BCUT2D eigenvalue weighted by Gasteiger charge is -2.31. The number of nitro groups is 2. The normalized spacial score (nSPS) is 13.2. The van der Waals surface area contributed by atoms with Crippen LogP contribution in [0.25, 0.3) is 5.70 Å². The van der Waals surface area contributed by atoms with Crippen LogP contribution < -0.4 is 10.3 Å². The van der Waals surface area contributed by atoms with Crippen LogP contribution in [-0.4, -0.2) is 23.1 Å². The van der Waals surface area contributed by atoms with E-state index in [1.807, 2.05) is 61.6 Å². The molecule has 0 atom stereocenters. The first-order valence-electron chi connectivity index (χ1n) is 9.48. The molecule has 0 spiro atoms. The molecule has 0 radical (unpaired) electrons. The Bertz CT molecular complexity index is 1260. The first kappa shape index (κ1) is 21.1. The van der Waals surface area contributed by atoms with Gasteiger partial charge in [-0.1, -0.05) is 54.2 Å². The molecule has 32 heavy (non-hydrogen) atoms. The standard InChI is InChI=1S/C22H17N5O4S/c1-25-18-9-5-6-10-20(18)32-21(22(25)15-7-3-2-4-8-15)14-23-24-17-12-11-16(26(28)29)13-19(17)27(30)31/h2-14,24H,1H3/b23-14+. The summed E-state index contributed by atoms with van der Waals surface area (Å²) in [5.74, 6) is 0. The molecule has 0 fully saturated rings. The van der Waals surface area contributed by atoms with Crippen molar-refractivity contribution >= 4 is 46.4 Å². The van der Waals surface area contributed by atoms with Crippen LogP contribution >= 0.6 is 11.8 Å². The summed E-state index contributed by atoms with van der Waals surface area (Å²) in [5.41, 5.74) is 4.94. The molecule has 3 aromatic rings. The van der Waals surface area contributed by atoms with E-state index in [1.54, 1.807) is 18.0 Å². The number of hydrazone groups is 1. The van der Waals surface area contributed by atoms with Crippen molar-refractivity contribution in [2.45, 2.75) is 4.90 Å². The van der Waals surface area contributed by atoms with Crippen molar-refractivity contribution in [1.29, 1.82) is 0 Å². The third kappa shape index (κ3) is 4.16.